The molecule has 2 aromatic carbocycles. The molecule has 2 rings (SSSR count). The van der Waals surface area contributed by atoms with Crippen LogP contribution in [0.25, 0.3) is 0 Å². The van der Waals surface area contributed by atoms with Crippen molar-refractivity contribution >= 4 is 17.7 Å². The summed E-state index contributed by atoms with van der Waals surface area (Å²) in [6.45, 7) is 4.74. The highest BCUT2D eigenvalue weighted by molar-refractivity contribution is 8.00. The third kappa shape index (κ3) is 5.93. The van der Waals surface area contributed by atoms with E-state index in [0.29, 0.717) is 6.54 Å². The van der Waals surface area contributed by atoms with Crippen molar-refractivity contribution in [3.63, 3.8) is 0 Å². The van der Waals surface area contributed by atoms with Crippen LogP contribution in [0.2, 0.25) is 0 Å². The third-order valence-corrected chi connectivity index (χ3v) is 4.88. The number of carbonyl (C=O) groups excluding carboxylic acids is 1. The Balaban J connectivity index is 1.71. The predicted octanol–water partition coefficient (Wildman–Crippen LogP) is 4.23. The van der Waals surface area contributed by atoms with Crippen LogP contribution in [0, 0.1) is 6.92 Å². The molecule has 0 aromatic heterocycles. The number of methoxy groups -OCH3 is 1. The van der Waals surface area contributed by atoms with Crippen molar-refractivity contribution in [2.45, 2.75) is 36.8 Å². The maximum atomic E-state index is 12.2. The van der Waals surface area contributed by atoms with Gasteiger partial charge in [-0.3, -0.25) is 4.79 Å². The molecule has 1 amide bonds. The van der Waals surface area contributed by atoms with Crippen molar-refractivity contribution in [3.05, 3.63) is 59.7 Å². The highest BCUT2D eigenvalue weighted by Crippen LogP contribution is 2.25. The Morgan fingerprint density at radius 1 is 1.21 bits per heavy atom. The van der Waals surface area contributed by atoms with E-state index in [-0.39, 0.29) is 11.2 Å². The molecule has 1 N–H and O–H groups in total. The zero-order chi connectivity index (χ0) is 17.4. The molecular weight excluding hydrogens is 318 g/mol. The zero-order valence-electron chi connectivity index (χ0n) is 14.5. The lowest BCUT2D eigenvalue weighted by atomic mass is 10.1. The maximum Gasteiger partial charge on any atom is 0.233 e. The minimum atomic E-state index is -0.114. The number of carbonyl (C=O) groups is 1. The fourth-order valence-corrected chi connectivity index (χ4v) is 3.32. The van der Waals surface area contributed by atoms with Gasteiger partial charge in [0.25, 0.3) is 0 Å². The van der Waals surface area contributed by atoms with E-state index >= 15 is 0 Å². The zero-order valence-corrected chi connectivity index (χ0v) is 15.4. The van der Waals surface area contributed by atoms with Crippen LogP contribution in [0.3, 0.4) is 0 Å². The Morgan fingerprint density at radius 3 is 2.62 bits per heavy atom. The molecule has 0 aliphatic carbocycles. The summed E-state index contributed by atoms with van der Waals surface area (Å²) in [5.41, 5.74) is 2.60. The van der Waals surface area contributed by atoms with Crippen LogP contribution in [0.15, 0.2) is 53.4 Å². The summed E-state index contributed by atoms with van der Waals surface area (Å²) in [6.07, 6.45) is 1.94. The average molecular weight is 343 g/mol. The first-order chi connectivity index (χ1) is 11.6. The van der Waals surface area contributed by atoms with E-state index in [1.807, 2.05) is 31.2 Å². The number of aryl methyl sites for hydroxylation is 2. The topological polar surface area (TPSA) is 38.3 Å². The molecule has 0 bridgehead atoms. The second-order valence-electron chi connectivity index (χ2n) is 5.82. The molecule has 3 nitrogen and oxygen atoms in total. The smallest absolute Gasteiger partial charge is 0.233 e. The first kappa shape index (κ1) is 18.4. The number of ether oxygens (including phenoxy) is 1. The van der Waals surface area contributed by atoms with Gasteiger partial charge in [-0.2, -0.15) is 0 Å². The fourth-order valence-electron chi connectivity index (χ4n) is 2.43. The van der Waals surface area contributed by atoms with Gasteiger partial charge in [-0.05, 0) is 56.5 Å². The first-order valence-corrected chi connectivity index (χ1v) is 9.10. The number of amides is 1. The number of hydrogen-bond donors (Lipinski definition) is 1. The molecule has 0 unspecified atom stereocenters. The number of hydrogen-bond acceptors (Lipinski definition) is 3. The second-order valence-corrected chi connectivity index (χ2v) is 7.23. The monoisotopic (exact) mass is 343 g/mol. The van der Waals surface area contributed by atoms with Gasteiger partial charge in [-0.25, -0.2) is 0 Å². The largest absolute Gasteiger partial charge is 0.497 e. The molecule has 2 aromatic rings. The highest BCUT2D eigenvalue weighted by Gasteiger charge is 2.13. The van der Waals surface area contributed by atoms with Gasteiger partial charge in [-0.15, -0.1) is 11.8 Å². The molecule has 0 saturated heterocycles. The molecule has 0 aliphatic rings. The van der Waals surface area contributed by atoms with E-state index in [4.69, 9.17) is 4.74 Å². The van der Waals surface area contributed by atoms with E-state index < -0.39 is 0 Å². The lowest BCUT2D eigenvalue weighted by Gasteiger charge is -2.12. The lowest BCUT2D eigenvalue weighted by molar-refractivity contribution is -0.120. The standard InChI is InChI=1S/C20H25NO2S/c1-15-6-4-7-17(14-15)8-5-13-21-20(22)16(2)24-19-11-9-18(23-3)10-12-19/h4,6-7,9-12,14,16H,5,8,13H2,1-3H3,(H,21,22)/t16-/m0/s1. The molecule has 0 radical (unpaired) electrons. The van der Waals surface area contributed by atoms with Crippen molar-refractivity contribution in [2.75, 3.05) is 13.7 Å². The maximum absolute atomic E-state index is 12.2. The Hall–Kier alpha value is -1.94. The van der Waals surface area contributed by atoms with Gasteiger partial charge in [0.2, 0.25) is 5.91 Å². The molecule has 1 atom stereocenters. The molecule has 128 valence electrons. The Labute approximate surface area is 148 Å². The Kier molecular flexibility index (Phi) is 7.19. The first-order valence-electron chi connectivity index (χ1n) is 8.22. The predicted molar refractivity (Wildman–Crippen MR) is 101 cm³/mol. The number of thioether (sulfide) groups is 1. The third-order valence-electron chi connectivity index (χ3n) is 3.77. The van der Waals surface area contributed by atoms with Crippen LogP contribution < -0.4 is 10.1 Å². The molecule has 24 heavy (non-hydrogen) atoms. The van der Waals surface area contributed by atoms with Gasteiger partial charge in [0.15, 0.2) is 0 Å². The Bertz CT molecular complexity index is 655. The SMILES string of the molecule is COc1ccc(S[C@@H](C)C(=O)NCCCc2cccc(C)c2)cc1. The average Bonchev–Trinajstić information content (AvgIpc) is 2.59. The van der Waals surface area contributed by atoms with Crippen LogP contribution in [-0.4, -0.2) is 24.8 Å². The van der Waals surface area contributed by atoms with E-state index in [1.165, 1.54) is 11.1 Å². The normalized spacial score (nSPS) is 11.8. The summed E-state index contributed by atoms with van der Waals surface area (Å²) < 4.78 is 5.14. The molecule has 0 spiro atoms. The van der Waals surface area contributed by atoms with Crippen molar-refractivity contribution in [2.24, 2.45) is 0 Å². The Morgan fingerprint density at radius 2 is 1.96 bits per heavy atom. The summed E-state index contributed by atoms with van der Waals surface area (Å²) in [5, 5.41) is 2.91. The van der Waals surface area contributed by atoms with Gasteiger partial charge in [0.05, 0.1) is 12.4 Å². The van der Waals surface area contributed by atoms with E-state index in [9.17, 15) is 4.79 Å². The number of nitrogens with one attached hydrogen (secondary N) is 1. The van der Waals surface area contributed by atoms with Crippen LogP contribution in [0.1, 0.15) is 24.5 Å². The summed E-state index contributed by atoms with van der Waals surface area (Å²) in [4.78, 5) is 13.2. The van der Waals surface area contributed by atoms with Gasteiger partial charge >= 0.3 is 0 Å². The van der Waals surface area contributed by atoms with Gasteiger partial charge in [0.1, 0.15) is 5.75 Å². The summed E-state index contributed by atoms with van der Waals surface area (Å²) in [6, 6.07) is 16.3. The van der Waals surface area contributed by atoms with Crippen LogP contribution in [0.4, 0.5) is 0 Å². The van der Waals surface area contributed by atoms with E-state index in [0.717, 1.165) is 23.5 Å². The summed E-state index contributed by atoms with van der Waals surface area (Å²) >= 11 is 1.56. The molecule has 4 heteroatoms. The minimum absolute atomic E-state index is 0.0834. The van der Waals surface area contributed by atoms with Crippen molar-refractivity contribution < 1.29 is 9.53 Å². The van der Waals surface area contributed by atoms with Gasteiger partial charge in [0, 0.05) is 11.4 Å². The van der Waals surface area contributed by atoms with Crippen LogP contribution in [0.5, 0.6) is 5.75 Å². The van der Waals surface area contributed by atoms with Crippen molar-refractivity contribution in [3.8, 4) is 5.75 Å². The number of rotatable bonds is 8. The molecule has 0 saturated carbocycles. The van der Waals surface area contributed by atoms with Gasteiger partial charge in [-0.1, -0.05) is 29.8 Å². The van der Waals surface area contributed by atoms with E-state index in [1.54, 1.807) is 18.9 Å². The lowest BCUT2D eigenvalue weighted by Crippen LogP contribution is -2.31. The molecule has 0 fully saturated rings. The molecular formula is C20H25NO2S. The highest BCUT2D eigenvalue weighted by atomic mass is 32.2. The molecule has 0 heterocycles. The molecule has 0 aliphatic heterocycles. The minimum Gasteiger partial charge on any atom is -0.497 e. The summed E-state index contributed by atoms with van der Waals surface area (Å²) in [5.74, 6) is 0.910. The van der Waals surface area contributed by atoms with E-state index in [2.05, 4.69) is 36.5 Å². The van der Waals surface area contributed by atoms with Crippen molar-refractivity contribution in [1.29, 1.82) is 0 Å². The van der Waals surface area contributed by atoms with Gasteiger partial charge < -0.3 is 10.1 Å². The second kappa shape index (κ2) is 9.38. The van der Waals surface area contributed by atoms with Crippen LogP contribution >= 0.6 is 11.8 Å². The van der Waals surface area contributed by atoms with Crippen molar-refractivity contribution in [1.82, 2.24) is 5.32 Å². The van der Waals surface area contributed by atoms with Crippen LogP contribution in [-0.2, 0) is 11.2 Å². The number of benzene rings is 2. The summed E-state index contributed by atoms with van der Waals surface area (Å²) in [7, 11) is 1.65. The quantitative estimate of drug-likeness (QED) is 0.576. The fraction of sp³-hybridized carbons (Fsp3) is 0.350.